The van der Waals surface area contributed by atoms with E-state index in [0.29, 0.717) is 5.56 Å². The SMILES string of the molecule is C[S+]([O-])c1ccc(-c2ccc[nH]c2=O)cc1. The molecule has 0 aliphatic heterocycles. The largest absolute Gasteiger partial charge is 0.612 e. The van der Waals surface area contributed by atoms with E-state index in [-0.39, 0.29) is 5.56 Å². The summed E-state index contributed by atoms with van der Waals surface area (Å²) in [4.78, 5) is 14.9. The second-order valence-electron chi connectivity index (χ2n) is 3.39. The third-order valence-electron chi connectivity index (χ3n) is 2.32. The fourth-order valence-electron chi connectivity index (χ4n) is 1.48. The molecule has 0 saturated carbocycles. The zero-order valence-corrected chi connectivity index (χ0v) is 9.58. The van der Waals surface area contributed by atoms with Crippen molar-refractivity contribution in [2.45, 2.75) is 4.90 Å². The molecule has 3 nitrogen and oxygen atoms in total. The number of nitrogens with one attached hydrogen (secondary N) is 1. The summed E-state index contributed by atoms with van der Waals surface area (Å²) in [6.07, 6.45) is 3.23. The highest BCUT2D eigenvalue weighted by Crippen LogP contribution is 2.17. The fourth-order valence-corrected chi connectivity index (χ4v) is 1.99. The van der Waals surface area contributed by atoms with E-state index in [1.807, 2.05) is 0 Å². The fraction of sp³-hybridized carbons (Fsp3) is 0.0833. The van der Waals surface area contributed by atoms with Gasteiger partial charge in [-0.25, -0.2) is 0 Å². The van der Waals surface area contributed by atoms with E-state index in [0.717, 1.165) is 10.5 Å². The Morgan fingerprint density at radius 2 is 1.88 bits per heavy atom. The van der Waals surface area contributed by atoms with Gasteiger partial charge in [0, 0.05) is 11.8 Å². The first-order chi connectivity index (χ1) is 7.68. The van der Waals surface area contributed by atoms with E-state index >= 15 is 0 Å². The lowest BCUT2D eigenvalue weighted by Gasteiger charge is -2.05. The Bertz CT molecular complexity index is 531. The van der Waals surface area contributed by atoms with Crippen molar-refractivity contribution in [3.63, 3.8) is 0 Å². The highest BCUT2D eigenvalue weighted by Gasteiger charge is 2.06. The van der Waals surface area contributed by atoms with Crippen molar-refractivity contribution in [3.05, 3.63) is 52.9 Å². The number of aromatic nitrogens is 1. The van der Waals surface area contributed by atoms with Gasteiger partial charge in [-0.15, -0.1) is 0 Å². The average molecular weight is 233 g/mol. The molecule has 16 heavy (non-hydrogen) atoms. The second-order valence-corrected chi connectivity index (χ2v) is 4.77. The molecule has 0 radical (unpaired) electrons. The molecule has 0 aliphatic carbocycles. The first kappa shape index (κ1) is 11.0. The Morgan fingerprint density at radius 3 is 2.44 bits per heavy atom. The summed E-state index contributed by atoms with van der Waals surface area (Å²) in [5.74, 6) is 0. The average Bonchev–Trinajstić information content (AvgIpc) is 2.30. The number of pyridine rings is 1. The van der Waals surface area contributed by atoms with Crippen LogP contribution in [-0.4, -0.2) is 15.8 Å². The van der Waals surface area contributed by atoms with E-state index in [1.165, 1.54) is 0 Å². The molecule has 2 aromatic rings. The second kappa shape index (κ2) is 4.55. The summed E-state index contributed by atoms with van der Waals surface area (Å²) < 4.78 is 11.2. The zero-order chi connectivity index (χ0) is 11.5. The van der Waals surface area contributed by atoms with Crippen molar-refractivity contribution in [1.82, 2.24) is 4.98 Å². The van der Waals surface area contributed by atoms with Gasteiger partial charge in [-0.1, -0.05) is 0 Å². The highest BCUT2D eigenvalue weighted by atomic mass is 32.2. The first-order valence-corrected chi connectivity index (χ1v) is 6.36. The van der Waals surface area contributed by atoms with Crippen LogP contribution in [0.1, 0.15) is 0 Å². The molecule has 1 unspecified atom stereocenters. The van der Waals surface area contributed by atoms with E-state index in [2.05, 4.69) is 4.98 Å². The lowest BCUT2D eigenvalue weighted by Crippen LogP contribution is -2.07. The lowest BCUT2D eigenvalue weighted by atomic mass is 10.1. The number of rotatable bonds is 2. The van der Waals surface area contributed by atoms with Crippen molar-refractivity contribution in [1.29, 1.82) is 0 Å². The minimum absolute atomic E-state index is 0.118. The summed E-state index contributed by atoms with van der Waals surface area (Å²) in [5, 5.41) is 0. The van der Waals surface area contributed by atoms with Crippen LogP contribution in [0.25, 0.3) is 11.1 Å². The van der Waals surface area contributed by atoms with Gasteiger partial charge in [0.15, 0.2) is 4.90 Å². The van der Waals surface area contributed by atoms with Gasteiger partial charge in [-0.2, -0.15) is 0 Å². The summed E-state index contributed by atoms with van der Waals surface area (Å²) in [7, 11) is 0. The van der Waals surface area contributed by atoms with Crippen LogP contribution in [0.15, 0.2) is 52.3 Å². The van der Waals surface area contributed by atoms with Crippen molar-refractivity contribution < 1.29 is 4.55 Å². The molecular weight excluding hydrogens is 222 g/mol. The highest BCUT2D eigenvalue weighted by molar-refractivity contribution is 7.90. The Kier molecular flexibility index (Phi) is 3.12. The van der Waals surface area contributed by atoms with E-state index in [9.17, 15) is 9.35 Å². The van der Waals surface area contributed by atoms with Crippen LogP contribution in [0, 0.1) is 0 Å². The molecule has 82 valence electrons. The van der Waals surface area contributed by atoms with E-state index in [4.69, 9.17) is 0 Å². The van der Waals surface area contributed by atoms with Crippen LogP contribution in [0.3, 0.4) is 0 Å². The maximum atomic E-state index is 11.5. The summed E-state index contributed by atoms with van der Waals surface area (Å²) in [6.45, 7) is 0. The van der Waals surface area contributed by atoms with Gasteiger partial charge in [-0.05, 0) is 53.1 Å². The zero-order valence-electron chi connectivity index (χ0n) is 8.77. The molecule has 1 atom stereocenters. The van der Waals surface area contributed by atoms with Gasteiger partial charge in [0.1, 0.15) is 6.26 Å². The topological polar surface area (TPSA) is 55.9 Å². The van der Waals surface area contributed by atoms with Crippen molar-refractivity contribution in [2.75, 3.05) is 6.26 Å². The van der Waals surface area contributed by atoms with Crippen LogP contribution < -0.4 is 5.56 Å². The molecule has 0 fully saturated rings. The minimum Gasteiger partial charge on any atom is -0.612 e. The number of hydrogen-bond acceptors (Lipinski definition) is 2. The third-order valence-corrected chi connectivity index (χ3v) is 3.25. The van der Waals surface area contributed by atoms with Crippen LogP contribution in [-0.2, 0) is 11.2 Å². The van der Waals surface area contributed by atoms with Gasteiger partial charge in [0.2, 0.25) is 0 Å². The monoisotopic (exact) mass is 233 g/mol. The van der Waals surface area contributed by atoms with Gasteiger partial charge in [-0.3, -0.25) is 4.79 Å². The van der Waals surface area contributed by atoms with Gasteiger partial charge >= 0.3 is 0 Å². The predicted molar refractivity (Wildman–Crippen MR) is 64.8 cm³/mol. The van der Waals surface area contributed by atoms with Gasteiger partial charge < -0.3 is 9.54 Å². The standard InChI is InChI=1S/C12H11NO2S/c1-16(15)10-6-4-9(5-7-10)11-3-2-8-13-12(11)14/h2-8H,1H3,(H,13,14). The van der Waals surface area contributed by atoms with Gasteiger partial charge in [0.05, 0.1) is 0 Å². The Hall–Kier alpha value is -1.52. The van der Waals surface area contributed by atoms with Gasteiger partial charge in [0.25, 0.3) is 5.56 Å². The normalized spacial score (nSPS) is 12.4. The number of benzene rings is 1. The summed E-state index contributed by atoms with van der Waals surface area (Å²) in [5.41, 5.74) is 1.33. The molecule has 1 N–H and O–H groups in total. The summed E-state index contributed by atoms with van der Waals surface area (Å²) in [6, 6.07) is 10.7. The quantitative estimate of drug-likeness (QED) is 0.804. The van der Waals surface area contributed by atoms with Crippen LogP contribution >= 0.6 is 0 Å². The number of H-pyrrole nitrogens is 1. The predicted octanol–water partition coefficient (Wildman–Crippen LogP) is 1.78. The maximum Gasteiger partial charge on any atom is 0.255 e. The molecule has 0 amide bonds. The molecule has 1 aromatic heterocycles. The van der Waals surface area contributed by atoms with Crippen molar-refractivity contribution in [2.24, 2.45) is 0 Å². The minimum atomic E-state index is -0.985. The molecule has 1 heterocycles. The molecule has 0 saturated heterocycles. The molecule has 2 rings (SSSR count). The lowest BCUT2D eigenvalue weighted by molar-refractivity contribution is 0.601. The van der Waals surface area contributed by atoms with E-state index in [1.54, 1.807) is 48.9 Å². The first-order valence-electron chi connectivity index (χ1n) is 4.80. The molecule has 0 spiro atoms. The van der Waals surface area contributed by atoms with Crippen molar-refractivity contribution >= 4 is 11.2 Å². The maximum absolute atomic E-state index is 11.5. The molecule has 0 bridgehead atoms. The molecular formula is C12H11NO2S. The molecule has 4 heteroatoms. The Balaban J connectivity index is 2.43. The van der Waals surface area contributed by atoms with E-state index < -0.39 is 11.2 Å². The van der Waals surface area contributed by atoms with Crippen LogP contribution in [0.2, 0.25) is 0 Å². The number of aromatic amines is 1. The summed E-state index contributed by atoms with van der Waals surface area (Å²) >= 11 is -0.985. The van der Waals surface area contributed by atoms with Crippen molar-refractivity contribution in [3.8, 4) is 11.1 Å². The Labute approximate surface area is 96.3 Å². The van der Waals surface area contributed by atoms with Crippen LogP contribution in [0.5, 0.6) is 0 Å². The Morgan fingerprint density at radius 1 is 1.19 bits per heavy atom. The molecule has 0 aliphatic rings. The third kappa shape index (κ3) is 2.18. The number of hydrogen-bond donors (Lipinski definition) is 1. The smallest absolute Gasteiger partial charge is 0.255 e. The molecule has 1 aromatic carbocycles. The van der Waals surface area contributed by atoms with Crippen LogP contribution in [0.4, 0.5) is 0 Å².